The molecule has 0 spiro atoms. The molecule has 1 aliphatic rings. The Kier molecular flexibility index (Phi) is 7.85. The molecule has 4 heteroatoms. The highest BCUT2D eigenvalue weighted by Gasteiger charge is 2.23. The fraction of sp³-hybridized carbons (Fsp3) is 0.440. The molecule has 2 aromatic carbocycles. The SMILES string of the molecule is COc1ccccc1CCC(=O)N1CCC(CCC(=O)Cc2ccccc2)CC1. The lowest BCUT2D eigenvalue weighted by Gasteiger charge is -2.32. The maximum Gasteiger partial charge on any atom is 0.222 e. The van der Waals surface area contributed by atoms with Gasteiger partial charge in [-0.2, -0.15) is 0 Å². The van der Waals surface area contributed by atoms with Gasteiger partial charge in [0.1, 0.15) is 11.5 Å². The van der Waals surface area contributed by atoms with Gasteiger partial charge in [-0.25, -0.2) is 0 Å². The average Bonchev–Trinajstić information content (AvgIpc) is 2.77. The van der Waals surface area contributed by atoms with Crippen LogP contribution < -0.4 is 4.74 Å². The van der Waals surface area contributed by atoms with Crippen molar-refractivity contribution in [3.05, 3.63) is 65.7 Å². The molecule has 1 saturated heterocycles. The van der Waals surface area contributed by atoms with Gasteiger partial charge in [-0.3, -0.25) is 9.59 Å². The highest BCUT2D eigenvalue weighted by molar-refractivity contribution is 5.80. The summed E-state index contributed by atoms with van der Waals surface area (Å²) in [6.07, 6.45) is 5.33. The molecule has 0 aliphatic carbocycles. The van der Waals surface area contributed by atoms with E-state index >= 15 is 0 Å². The van der Waals surface area contributed by atoms with Gasteiger partial charge in [-0.15, -0.1) is 0 Å². The molecule has 154 valence electrons. The molecule has 0 aromatic heterocycles. The van der Waals surface area contributed by atoms with Crippen molar-refractivity contribution in [3.8, 4) is 5.75 Å². The van der Waals surface area contributed by atoms with Crippen LogP contribution in [0.2, 0.25) is 0 Å². The smallest absolute Gasteiger partial charge is 0.222 e. The van der Waals surface area contributed by atoms with E-state index in [1.54, 1.807) is 7.11 Å². The maximum absolute atomic E-state index is 12.6. The Balaban J connectivity index is 1.36. The van der Waals surface area contributed by atoms with Crippen molar-refractivity contribution < 1.29 is 14.3 Å². The molecule has 4 nitrogen and oxygen atoms in total. The summed E-state index contributed by atoms with van der Waals surface area (Å²) in [6, 6.07) is 17.8. The Labute approximate surface area is 173 Å². The molecule has 0 saturated carbocycles. The first-order valence-corrected chi connectivity index (χ1v) is 10.6. The highest BCUT2D eigenvalue weighted by atomic mass is 16.5. The summed E-state index contributed by atoms with van der Waals surface area (Å²) in [5, 5.41) is 0. The van der Waals surface area contributed by atoms with E-state index < -0.39 is 0 Å². The third-order valence-electron chi connectivity index (χ3n) is 5.84. The molecule has 1 amide bonds. The van der Waals surface area contributed by atoms with E-state index in [4.69, 9.17) is 4.74 Å². The minimum atomic E-state index is 0.217. The van der Waals surface area contributed by atoms with Crippen molar-refractivity contribution in [2.45, 2.75) is 44.9 Å². The molecule has 0 radical (unpaired) electrons. The van der Waals surface area contributed by atoms with Crippen LogP contribution >= 0.6 is 0 Å². The predicted molar refractivity (Wildman–Crippen MR) is 115 cm³/mol. The van der Waals surface area contributed by atoms with E-state index in [0.29, 0.717) is 37.4 Å². The minimum absolute atomic E-state index is 0.217. The number of hydrogen-bond donors (Lipinski definition) is 0. The van der Waals surface area contributed by atoms with Gasteiger partial charge < -0.3 is 9.64 Å². The van der Waals surface area contributed by atoms with Gasteiger partial charge in [-0.05, 0) is 48.8 Å². The Bertz CT molecular complexity index is 795. The van der Waals surface area contributed by atoms with Gasteiger partial charge in [0.25, 0.3) is 0 Å². The topological polar surface area (TPSA) is 46.6 Å². The lowest BCUT2D eigenvalue weighted by molar-refractivity contribution is -0.132. The number of ether oxygens (including phenoxy) is 1. The van der Waals surface area contributed by atoms with E-state index in [9.17, 15) is 9.59 Å². The molecule has 0 atom stereocenters. The second kappa shape index (κ2) is 10.8. The van der Waals surface area contributed by atoms with Gasteiger partial charge in [0.15, 0.2) is 0 Å². The van der Waals surface area contributed by atoms with Crippen LogP contribution in [0.4, 0.5) is 0 Å². The monoisotopic (exact) mass is 393 g/mol. The summed E-state index contributed by atoms with van der Waals surface area (Å²) >= 11 is 0. The molecule has 0 bridgehead atoms. The zero-order chi connectivity index (χ0) is 20.5. The van der Waals surface area contributed by atoms with E-state index in [-0.39, 0.29) is 5.91 Å². The van der Waals surface area contributed by atoms with E-state index in [0.717, 1.165) is 49.2 Å². The summed E-state index contributed by atoms with van der Waals surface area (Å²) in [6.45, 7) is 1.62. The van der Waals surface area contributed by atoms with E-state index in [2.05, 4.69) is 0 Å². The lowest BCUT2D eigenvalue weighted by atomic mass is 9.90. The van der Waals surface area contributed by atoms with Crippen LogP contribution in [-0.4, -0.2) is 36.8 Å². The second-order valence-electron chi connectivity index (χ2n) is 7.88. The summed E-state index contributed by atoms with van der Waals surface area (Å²) in [5.74, 6) is 1.92. The van der Waals surface area contributed by atoms with Gasteiger partial charge in [0.2, 0.25) is 5.91 Å². The molecule has 1 aliphatic heterocycles. The molecule has 29 heavy (non-hydrogen) atoms. The number of nitrogens with zero attached hydrogens (tertiary/aromatic N) is 1. The fourth-order valence-electron chi connectivity index (χ4n) is 4.06. The number of hydrogen-bond acceptors (Lipinski definition) is 3. The Morgan fingerprint density at radius 1 is 0.966 bits per heavy atom. The summed E-state index contributed by atoms with van der Waals surface area (Å²) in [4.78, 5) is 26.8. The van der Waals surface area contributed by atoms with Crippen LogP contribution in [0.1, 0.15) is 43.2 Å². The fourth-order valence-corrected chi connectivity index (χ4v) is 4.06. The molecule has 1 fully saturated rings. The Hall–Kier alpha value is -2.62. The third kappa shape index (κ3) is 6.45. The van der Waals surface area contributed by atoms with Crippen molar-refractivity contribution in [2.75, 3.05) is 20.2 Å². The van der Waals surface area contributed by atoms with E-state index in [1.807, 2.05) is 59.5 Å². The van der Waals surface area contributed by atoms with Crippen molar-refractivity contribution in [1.82, 2.24) is 4.90 Å². The van der Waals surface area contributed by atoms with Crippen LogP contribution in [0.15, 0.2) is 54.6 Å². The number of carbonyl (C=O) groups is 2. The largest absolute Gasteiger partial charge is 0.496 e. The first-order chi connectivity index (χ1) is 14.2. The predicted octanol–water partition coefficient (Wildman–Crippen LogP) is 4.46. The molecule has 2 aromatic rings. The summed E-state index contributed by atoms with van der Waals surface area (Å²) in [5.41, 5.74) is 2.17. The highest BCUT2D eigenvalue weighted by Crippen LogP contribution is 2.24. The molecule has 1 heterocycles. The molecular formula is C25H31NO3. The summed E-state index contributed by atoms with van der Waals surface area (Å²) < 4.78 is 5.37. The quantitative estimate of drug-likeness (QED) is 0.632. The first kappa shape index (κ1) is 21.1. The number of piperidine rings is 1. The zero-order valence-corrected chi connectivity index (χ0v) is 17.3. The summed E-state index contributed by atoms with van der Waals surface area (Å²) in [7, 11) is 1.66. The number of rotatable bonds is 9. The normalized spacial score (nSPS) is 14.6. The van der Waals surface area contributed by atoms with E-state index in [1.165, 1.54) is 0 Å². The Morgan fingerprint density at radius 3 is 2.38 bits per heavy atom. The first-order valence-electron chi connectivity index (χ1n) is 10.6. The standard InChI is InChI=1S/C25H31NO3/c1-29-24-10-6-5-9-22(24)12-14-25(28)26-17-15-20(16-18-26)11-13-23(27)19-21-7-3-2-4-8-21/h2-10,20H,11-19H2,1H3. The second-order valence-corrected chi connectivity index (χ2v) is 7.88. The molecular weight excluding hydrogens is 362 g/mol. The number of Topliss-reactive ketones (excluding diaryl/α,β-unsaturated/α-hetero) is 1. The van der Waals surface area contributed by atoms with Crippen LogP contribution in [0, 0.1) is 5.92 Å². The zero-order valence-electron chi connectivity index (χ0n) is 17.3. The number of benzene rings is 2. The van der Waals surface area contributed by atoms with Crippen LogP contribution in [0.25, 0.3) is 0 Å². The van der Waals surface area contributed by atoms with Gasteiger partial charge in [0.05, 0.1) is 7.11 Å². The number of carbonyl (C=O) groups excluding carboxylic acids is 2. The van der Waals surface area contributed by atoms with Crippen LogP contribution in [-0.2, 0) is 22.4 Å². The van der Waals surface area contributed by atoms with Crippen LogP contribution in [0.5, 0.6) is 5.75 Å². The minimum Gasteiger partial charge on any atom is -0.496 e. The third-order valence-corrected chi connectivity index (χ3v) is 5.84. The number of likely N-dealkylation sites (tertiary alicyclic amines) is 1. The van der Waals surface area contributed by atoms with Crippen LogP contribution in [0.3, 0.4) is 0 Å². The van der Waals surface area contributed by atoms with Gasteiger partial charge >= 0.3 is 0 Å². The van der Waals surface area contributed by atoms with Crippen molar-refractivity contribution in [2.24, 2.45) is 5.92 Å². The number of amides is 1. The molecule has 0 unspecified atom stereocenters. The molecule has 3 rings (SSSR count). The van der Waals surface area contributed by atoms with Crippen molar-refractivity contribution in [3.63, 3.8) is 0 Å². The van der Waals surface area contributed by atoms with Crippen molar-refractivity contribution >= 4 is 11.7 Å². The van der Waals surface area contributed by atoms with Crippen molar-refractivity contribution in [1.29, 1.82) is 0 Å². The molecule has 0 N–H and O–H groups in total. The number of methoxy groups -OCH3 is 1. The average molecular weight is 394 g/mol. The Morgan fingerprint density at radius 2 is 1.66 bits per heavy atom. The lowest BCUT2D eigenvalue weighted by Crippen LogP contribution is -2.38. The van der Waals surface area contributed by atoms with Gasteiger partial charge in [-0.1, -0.05) is 48.5 Å². The van der Waals surface area contributed by atoms with Gasteiger partial charge in [0, 0.05) is 32.4 Å². The number of para-hydroxylation sites is 1. The maximum atomic E-state index is 12.6. The number of aryl methyl sites for hydroxylation is 1. The number of ketones is 1.